The third kappa shape index (κ3) is 2.70. The Bertz CT molecular complexity index is 305. The van der Waals surface area contributed by atoms with Crippen LogP contribution in [0, 0.1) is 0 Å². The van der Waals surface area contributed by atoms with Crippen LogP contribution in [0.1, 0.15) is 24.8 Å². The Morgan fingerprint density at radius 1 is 1.33 bits per heavy atom. The van der Waals surface area contributed by atoms with Gasteiger partial charge in [0.2, 0.25) is 0 Å². The fourth-order valence-corrected chi connectivity index (χ4v) is 1.70. The van der Waals surface area contributed by atoms with Crippen LogP contribution in [0.3, 0.4) is 0 Å². The number of ether oxygens (including phenoxy) is 2. The van der Waals surface area contributed by atoms with E-state index >= 15 is 0 Å². The van der Waals surface area contributed by atoms with Gasteiger partial charge < -0.3 is 14.6 Å². The standard InChI is InChI=1S/C12H16O3/c13-9-10-5-1-2-6-11(10)15-12-7-3-4-8-14-12/h1-2,5-6,12-13H,3-4,7-9H2. The van der Waals surface area contributed by atoms with Crippen molar-refractivity contribution in [2.75, 3.05) is 6.61 Å². The molecule has 0 saturated carbocycles. The van der Waals surface area contributed by atoms with Crippen LogP contribution in [0.5, 0.6) is 5.75 Å². The molecule has 1 saturated heterocycles. The highest BCUT2D eigenvalue weighted by molar-refractivity contribution is 5.32. The summed E-state index contributed by atoms with van der Waals surface area (Å²) in [5, 5.41) is 9.13. The third-order valence-corrected chi connectivity index (χ3v) is 2.54. The highest BCUT2D eigenvalue weighted by atomic mass is 16.7. The lowest BCUT2D eigenvalue weighted by molar-refractivity contribution is -0.106. The summed E-state index contributed by atoms with van der Waals surface area (Å²) in [5.74, 6) is 0.729. The van der Waals surface area contributed by atoms with Crippen molar-refractivity contribution in [2.24, 2.45) is 0 Å². The third-order valence-electron chi connectivity index (χ3n) is 2.54. The van der Waals surface area contributed by atoms with Crippen molar-refractivity contribution in [3.8, 4) is 5.75 Å². The van der Waals surface area contributed by atoms with E-state index in [9.17, 15) is 0 Å². The van der Waals surface area contributed by atoms with Gasteiger partial charge in [-0.1, -0.05) is 18.2 Å². The zero-order chi connectivity index (χ0) is 10.5. The summed E-state index contributed by atoms with van der Waals surface area (Å²) in [6.07, 6.45) is 3.04. The number of hydrogen-bond donors (Lipinski definition) is 1. The van der Waals surface area contributed by atoms with Crippen molar-refractivity contribution in [3.05, 3.63) is 29.8 Å². The molecule has 0 bridgehead atoms. The van der Waals surface area contributed by atoms with Crippen molar-refractivity contribution in [3.63, 3.8) is 0 Å². The molecule has 15 heavy (non-hydrogen) atoms. The van der Waals surface area contributed by atoms with E-state index in [1.807, 2.05) is 24.3 Å². The Morgan fingerprint density at radius 2 is 2.20 bits per heavy atom. The van der Waals surface area contributed by atoms with E-state index in [0.717, 1.165) is 37.2 Å². The van der Waals surface area contributed by atoms with Crippen LogP contribution in [0.15, 0.2) is 24.3 Å². The molecule has 82 valence electrons. The van der Waals surface area contributed by atoms with Crippen LogP contribution in [0.25, 0.3) is 0 Å². The van der Waals surface area contributed by atoms with E-state index < -0.39 is 0 Å². The van der Waals surface area contributed by atoms with Gasteiger partial charge in [-0.15, -0.1) is 0 Å². The van der Waals surface area contributed by atoms with Crippen LogP contribution in [-0.4, -0.2) is 18.0 Å². The Balaban J connectivity index is 2.02. The monoisotopic (exact) mass is 208 g/mol. The molecule has 1 atom stereocenters. The first kappa shape index (κ1) is 10.5. The molecule has 1 unspecified atom stereocenters. The number of hydrogen-bond acceptors (Lipinski definition) is 3. The average Bonchev–Trinajstić information content (AvgIpc) is 2.31. The Morgan fingerprint density at radius 3 is 2.93 bits per heavy atom. The average molecular weight is 208 g/mol. The van der Waals surface area contributed by atoms with E-state index in [-0.39, 0.29) is 12.9 Å². The number of para-hydroxylation sites is 1. The summed E-state index contributed by atoms with van der Waals surface area (Å²) in [6, 6.07) is 7.51. The Hall–Kier alpha value is -1.06. The second-order valence-electron chi connectivity index (χ2n) is 3.68. The maximum absolute atomic E-state index is 9.13. The quantitative estimate of drug-likeness (QED) is 0.826. The molecule has 1 fully saturated rings. The Kier molecular flexibility index (Phi) is 3.59. The fraction of sp³-hybridized carbons (Fsp3) is 0.500. The summed E-state index contributed by atoms with van der Waals surface area (Å²) < 4.78 is 11.2. The molecule has 1 aromatic rings. The van der Waals surface area contributed by atoms with Gasteiger partial charge in [0.25, 0.3) is 0 Å². The molecule has 1 heterocycles. The lowest BCUT2D eigenvalue weighted by Crippen LogP contribution is -2.25. The lowest BCUT2D eigenvalue weighted by Gasteiger charge is -2.24. The van der Waals surface area contributed by atoms with Gasteiger partial charge in [0.15, 0.2) is 6.29 Å². The minimum absolute atomic E-state index is 0.00287. The molecule has 1 aliphatic heterocycles. The van der Waals surface area contributed by atoms with Gasteiger partial charge in [-0.3, -0.25) is 0 Å². The summed E-state index contributed by atoms with van der Waals surface area (Å²) >= 11 is 0. The van der Waals surface area contributed by atoms with Gasteiger partial charge in [0.05, 0.1) is 13.2 Å². The normalized spacial score (nSPS) is 21.3. The van der Waals surface area contributed by atoms with E-state index in [4.69, 9.17) is 14.6 Å². The van der Waals surface area contributed by atoms with Gasteiger partial charge >= 0.3 is 0 Å². The van der Waals surface area contributed by atoms with Crippen molar-refractivity contribution >= 4 is 0 Å². The van der Waals surface area contributed by atoms with Crippen molar-refractivity contribution in [2.45, 2.75) is 32.2 Å². The SMILES string of the molecule is OCc1ccccc1OC1CCCCO1. The number of aliphatic hydroxyl groups is 1. The maximum Gasteiger partial charge on any atom is 0.199 e. The van der Waals surface area contributed by atoms with Gasteiger partial charge in [-0.2, -0.15) is 0 Å². The molecule has 1 aliphatic rings. The number of aliphatic hydroxyl groups excluding tert-OH is 1. The second kappa shape index (κ2) is 5.14. The highest BCUT2D eigenvalue weighted by Crippen LogP contribution is 2.22. The minimum atomic E-state index is -0.147. The molecule has 3 heteroatoms. The second-order valence-corrected chi connectivity index (χ2v) is 3.68. The summed E-state index contributed by atoms with van der Waals surface area (Å²) in [4.78, 5) is 0. The highest BCUT2D eigenvalue weighted by Gasteiger charge is 2.16. The van der Waals surface area contributed by atoms with Crippen molar-refractivity contribution < 1.29 is 14.6 Å². The zero-order valence-electron chi connectivity index (χ0n) is 8.69. The molecule has 3 nitrogen and oxygen atoms in total. The zero-order valence-corrected chi connectivity index (χ0v) is 8.69. The smallest absolute Gasteiger partial charge is 0.199 e. The van der Waals surface area contributed by atoms with E-state index in [1.165, 1.54) is 0 Å². The first-order valence-electron chi connectivity index (χ1n) is 5.37. The van der Waals surface area contributed by atoms with Gasteiger partial charge in [0, 0.05) is 12.0 Å². The molecular weight excluding hydrogens is 192 g/mol. The molecule has 0 radical (unpaired) electrons. The largest absolute Gasteiger partial charge is 0.465 e. The van der Waals surface area contributed by atoms with E-state index in [2.05, 4.69) is 0 Å². The lowest BCUT2D eigenvalue weighted by atomic mass is 10.2. The fourth-order valence-electron chi connectivity index (χ4n) is 1.70. The van der Waals surface area contributed by atoms with Crippen LogP contribution in [0.4, 0.5) is 0 Å². The van der Waals surface area contributed by atoms with Crippen LogP contribution in [-0.2, 0) is 11.3 Å². The molecule has 0 aliphatic carbocycles. The minimum Gasteiger partial charge on any atom is -0.465 e. The van der Waals surface area contributed by atoms with E-state index in [0.29, 0.717) is 0 Å². The predicted molar refractivity (Wildman–Crippen MR) is 56.6 cm³/mol. The number of benzene rings is 1. The number of rotatable bonds is 3. The Labute approximate surface area is 89.6 Å². The molecule has 1 N–H and O–H groups in total. The molecular formula is C12H16O3. The molecule has 0 aromatic heterocycles. The predicted octanol–water partition coefficient (Wildman–Crippen LogP) is 2.08. The van der Waals surface area contributed by atoms with Gasteiger partial charge in [-0.05, 0) is 18.9 Å². The van der Waals surface area contributed by atoms with Crippen LogP contribution < -0.4 is 4.74 Å². The first-order valence-corrected chi connectivity index (χ1v) is 5.37. The molecule has 0 spiro atoms. The van der Waals surface area contributed by atoms with Gasteiger partial charge in [-0.25, -0.2) is 0 Å². The van der Waals surface area contributed by atoms with Crippen LogP contribution in [0.2, 0.25) is 0 Å². The van der Waals surface area contributed by atoms with E-state index in [1.54, 1.807) is 0 Å². The molecule has 0 amide bonds. The van der Waals surface area contributed by atoms with Crippen molar-refractivity contribution in [1.29, 1.82) is 0 Å². The first-order chi connectivity index (χ1) is 7.40. The summed E-state index contributed by atoms with van der Waals surface area (Å²) in [7, 11) is 0. The topological polar surface area (TPSA) is 38.7 Å². The molecule has 1 aromatic carbocycles. The van der Waals surface area contributed by atoms with Gasteiger partial charge in [0.1, 0.15) is 5.75 Å². The summed E-state index contributed by atoms with van der Waals surface area (Å²) in [6.45, 7) is 0.773. The summed E-state index contributed by atoms with van der Waals surface area (Å²) in [5.41, 5.74) is 0.812. The van der Waals surface area contributed by atoms with Crippen molar-refractivity contribution in [1.82, 2.24) is 0 Å². The van der Waals surface area contributed by atoms with Crippen LogP contribution >= 0.6 is 0 Å². The molecule has 2 rings (SSSR count). The maximum atomic E-state index is 9.13.